The number of imide groups is 1. The lowest BCUT2D eigenvalue weighted by Crippen LogP contribution is -2.40. The quantitative estimate of drug-likeness (QED) is 0.856. The molecule has 3 amide bonds. The van der Waals surface area contributed by atoms with Crippen molar-refractivity contribution in [3.8, 4) is 6.07 Å². The number of carbonyl (C=O) groups is 2. The number of nitriles is 1. The molecule has 116 valence electrons. The van der Waals surface area contributed by atoms with Crippen molar-refractivity contribution < 1.29 is 9.59 Å². The van der Waals surface area contributed by atoms with Gasteiger partial charge in [-0.25, -0.2) is 4.79 Å². The number of halogens is 1. The van der Waals surface area contributed by atoms with E-state index in [0.29, 0.717) is 21.2 Å². The van der Waals surface area contributed by atoms with Crippen LogP contribution in [-0.4, -0.2) is 26.4 Å². The van der Waals surface area contributed by atoms with Crippen LogP contribution in [0.5, 0.6) is 0 Å². The molecule has 1 aromatic heterocycles. The van der Waals surface area contributed by atoms with Crippen molar-refractivity contribution in [2.24, 2.45) is 0 Å². The Kier molecular flexibility index (Phi) is 3.75. The molecule has 3 rings (SSSR count). The van der Waals surface area contributed by atoms with E-state index < -0.39 is 17.5 Å². The summed E-state index contributed by atoms with van der Waals surface area (Å²) in [4.78, 5) is 26.0. The molecule has 0 radical (unpaired) electrons. The van der Waals surface area contributed by atoms with Gasteiger partial charge in [0.1, 0.15) is 15.6 Å². The first kappa shape index (κ1) is 15.4. The smallest absolute Gasteiger partial charge is 0.319 e. The van der Waals surface area contributed by atoms with Gasteiger partial charge in [0.05, 0.1) is 18.2 Å². The van der Waals surface area contributed by atoms with E-state index in [2.05, 4.69) is 14.9 Å². The number of aromatic nitrogens is 2. The number of nitrogens with zero attached hydrogens (tertiary/aromatic N) is 4. The molecule has 1 aromatic carbocycles. The lowest BCUT2D eigenvalue weighted by atomic mass is 9.91. The topological polar surface area (TPSA) is 99.0 Å². The van der Waals surface area contributed by atoms with Gasteiger partial charge < -0.3 is 5.32 Å². The van der Waals surface area contributed by atoms with E-state index in [1.807, 2.05) is 6.07 Å². The largest absolute Gasteiger partial charge is 0.325 e. The molecule has 1 saturated heterocycles. The van der Waals surface area contributed by atoms with Gasteiger partial charge in [-0.05, 0) is 24.6 Å². The van der Waals surface area contributed by atoms with Crippen LogP contribution in [0.25, 0.3) is 0 Å². The van der Waals surface area contributed by atoms with Gasteiger partial charge in [0.2, 0.25) is 0 Å². The zero-order chi connectivity index (χ0) is 16.6. The normalized spacial score (nSPS) is 20.5. The minimum atomic E-state index is -1.19. The minimum absolute atomic E-state index is 0.0358. The maximum Gasteiger partial charge on any atom is 0.325 e. The molecule has 0 aliphatic carbocycles. The Morgan fingerprint density at radius 2 is 2.09 bits per heavy atom. The highest BCUT2D eigenvalue weighted by atomic mass is 35.5. The fourth-order valence-electron chi connectivity index (χ4n) is 2.36. The molecule has 2 aromatic rings. The Bertz CT molecular complexity index is 828. The Hall–Kier alpha value is -2.50. The third-order valence-corrected chi connectivity index (χ3v) is 4.67. The van der Waals surface area contributed by atoms with E-state index in [0.717, 1.165) is 16.4 Å². The number of carbonyl (C=O) groups excluding carboxylic acids is 2. The summed E-state index contributed by atoms with van der Waals surface area (Å²) in [7, 11) is 0. The number of hydrogen-bond donors (Lipinski definition) is 1. The molecule has 9 heteroatoms. The van der Waals surface area contributed by atoms with E-state index in [1.54, 1.807) is 31.2 Å². The number of urea groups is 1. The lowest BCUT2D eigenvalue weighted by molar-refractivity contribution is -0.131. The van der Waals surface area contributed by atoms with Gasteiger partial charge in [0.25, 0.3) is 5.91 Å². The van der Waals surface area contributed by atoms with E-state index in [9.17, 15) is 9.59 Å². The summed E-state index contributed by atoms with van der Waals surface area (Å²) in [6, 6.07) is 7.99. The van der Waals surface area contributed by atoms with Crippen molar-refractivity contribution in [2.75, 3.05) is 0 Å². The molecule has 1 fully saturated rings. The van der Waals surface area contributed by atoms with Gasteiger partial charge in [-0.15, -0.1) is 5.10 Å². The van der Waals surface area contributed by atoms with Crippen LogP contribution in [0.15, 0.2) is 24.3 Å². The molecule has 1 aliphatic rings. The molecule has 1 N–H and O–H groups in total. The van der Waals surface area contributed by atoms with Gasteiger partial charge >= 0.3 is 6.03 Å². The summed E-state index contributed by atoms with van der Waals surface area (Å²) < 4.78 is 4.03. The first-order chi connectivity index (χ1) is 11.0. The van der Waals surface area contributed by atoms with E-state index in [-0.39, 0.29) is 6.54 Å². The fourth-order valence-corrected chi connectivity index (χ4v) is 2.97. The van der Waals surface area contributed by atoms with Crippen LogP contribution in [0, 0.1) is 11.3 Å². The molecule has 7 nitrogen and oxygen atoms in total. The van der Waals surface area contributed by atoms with Gasteiger partial charge in [0.15, 0.2) is 0 Å². The van der Waals surface area contributed by atoms with E-state index in [4.69, 9.17) is 16.9 Å². The zero-order valence-electron chi connectivity index (χ0n) is 11.9. The maximum absolute atomic E-state index is 12.7. The third-order valence-electron chi connectivity index (χ3n) is 3.68. The van der Waals surface area contributed by atoms with Gasteiger partial charge in [0, 0.05) is 11.5 Å². The monoisotopic (exact) mass is 347 g/mol. The summed E-state index contributed by atoms with van der Waals surface area (Å²) >= 11 is 6.92. The number of rotatable bonds is 3. The first-order valence-electron chi connectivity index (χ1n) is 6.57. The number of benzene rings is 1. The Morgan fingerprint density at radius 1 is 1.39 bits per heavy atom. The van der Waals surface area contributed by atoms with Crippen LogP contribution in [0.2, 0.25) is 4.34 Å². The highest BCUT2D eigenvalue weighted by molar-refractivity contribution is 7.10. The maximum atomic E-state index is 12.7. The van der Waals surface area contributed by atoms with Crippen molar-refractivity contribution in [1.29, 1.82) is 5.26 Å². The summed E-state index contributed by atoms with van der Waals surface area (Å²) in [6.45, 7) is 1.58. The highest BCUT2D eigenvalue weighted by Crippen LogP contribution is 2.30. The summed E-state index contributed by atoms with van der Waals surface area (Å²) in [5.74, 6) is -0.406. The van der Waals surface area contributed by atoms with Crippen LogP contribution in [-0.2, 0) is 16.9 Å². The van der Waals surface area contributed by atoms with Crippen LogP contribution in [0.3, 0.4) is 0 Å². The molecule has 2 heterocycles. The second kappa shape index (κ2) is 5.61. The molecular weight excluding hydrogens is 338 g/mol. The molecule has 1 unspecified atom stereocenters. The van der Waals surface area contributed by atoms with Crippen LogP contribution in [0.1, 0.15) is 23.7 Å². The molecule has 0 bridgehead atoms. The lowest BCUT2D eigenvalue weighted by Gasteiger charge is -2.22. The Balaban J connectivity index is 1.90. The fraction of sp³-hybridized carbons (Fsp3) is 0.214. The van der Waals surface area contributed by atoms with Crippen LogP contribution < -0.4 is 5.32 Å². The van der Waals surface area contributed by atoms with Gasteiger partial charge in [-0.2, -0.15) is 5.26 Å². The van der Waals surface area contributed by atoms with Crippen molar-refractivity contribution in [1.82, 2.24) is 19.8 Å². The third kappa shape index (κ3) is 2.54. The van der Waals surface area contributed by atoms with E-state index in [1.165, 1.54) is 0 Å². The van der Waals surface area contributed by atoms with Crippen LogP contribution >= 0.6 is 23.1 Å². The average molecular weight is 348 g/mol. The predicted octanol–water partition coefficient (Wildman–Crippen LogP) is 2.03. The van der Waals surface area contributed by atoms with Crippen LogP contribution in [0.4, 0.5) is 4.79 Å². The van der Waals surface area contributed by atoms with Crippen molar-refractivity contribution in [3.63, 3.8) is 0 Å². The second-order valence-electron chi connectivity index (χ2n) is 5.13. The standard InChI is InChI=1S/C14H10ClN5O2S/c1-14(9-4-2-8(6-16)3-5-9)12(21)20(13(22)17-14)7-10-11(15)23-19-18-10/h2-5H,7H2,1H3,(H,17,22). The molecule has 0 spiro atoms. The molecule has 1 atom stereocenters. The number of amides is 3. The van der Waals surface area contributed by atoms with Crippen molar-refractivity contribution in [2.45, 2.75) is 19.0 Å². The second-order valence-corrected chi connectivity index (χ2v) is 6.49. The molecule has 23 heavy (non-hydrogen) atoms. The zero-order valence-corrected chi connectivity index (χ0v) is 13.5. The first-order valence-corrected chi connectivity index (χ1v) is 7.72. The Labute approximate surface area is 140 Å². The van der Waals surface area contributed by atoms with Crippen molar-refractivity contribution >= 4 is 35.1 Å². The molecule has 1 aliphatic heterocycles. The molecule has 0 saturated carbocycles. The summed E-state index contributed by atoms with van der Waals surface area (Å²) in [6.07, 6.45) is 0. The summed E-state index contributed by atoms with van der Waals surface area (Å²) in [5.41, 5.74) is 0.261. The predicted molar refractivity (Wildman–Crippen MR) is 82.5 cm³/mol. The van der Waals surface area contributed by atoms with Crippen molar-refractivity contribution in [3.05, 3.63) is 45.4 Å². The van der Waals surface area contributed by atoms with Gasteiger partial charge in [-0.3, -0.25) is 9.69 Å². The SMILES string of the molecule is CC1(c2ccc(C#N)cc2)NC(=O)N(Cc2nnsc2Cl)C1=O. The number of hydrogen-bond acceptors (Lipinski definition) is 6. The average Bonchev–Trinajstić information content (AvgIpc) is 3.05. The molecular formula is C14H10ClN5O2S. The summed E-state index contributed by atoms with van der Waals surface area (Å²) in [5, 5.41) is 15.3. The highest BCUT2D eigenvalue weighted by Gasteiger charge is 2.49. The minimum Gasteiger partial charge on any atom is -0.319 e. The van der Waals surface area contributed by atoms with Gasteiger partial charge in [-0.1, -0.05) is 28.2 Å². The number of nitrogens with one attached hydrogen (secondary N) is 1. The Morgan fingerprint density at radius 3 is 2.65 bits per heavy atom. The van der Waals surface area contributed by atoms with E-state index >= 15 is 0 Å².